The highest BCUT2D eigenvalue weighted by Gasteiger charge is 2.24. The highest BCUT2D eigenvalue weighted by Crippen LogP contribution is 2.33. The quantitative estimate of drug-likeness (QED) is 0.607. The van der Waals surface area contributed by atoms with Gasteiger partial charge in [0, 0.05) is 55.0 Å². The average molecular weight is 449 g/mol. The maximum atomic E-state index is 6.54. The fourth-order valence-corrected chi connectivity index (χ4v) is 4.72. The number of rotatable bonds is 6. The molecule has 3 heterocycles. The molecule has 1 N–H and O–H groups in total. The van der Waals surface area contributed by atoms with Gasteiger partial charge in [-0.2, -0.15) is 0 Å². The number of nitrogens with zero attached hydrogens (tertiary/aromatic N) is 5. The van der Waals surface area contributed by atoms with Gasteiger partial charge in [-0.15, -0.1) is 0 Å². The molecular formula is C25H32N6O2. The van der Waals surface area contributed by atoms with E-state index in [1.807, 2.05) is 6.92 Å². The Hall–Kier alpha value is -3.00. The maximum absolute atomic E-state index is 6.54. The molecule has 0 amide bonds. The summed E-state index contributed by atoms with van der Waals surface area (Å²) in [6.45, 7) is 7.33. The summed E-state index contributed by atoms with van der Waals surface area (Å²) in [6.07, 6.45) is 8.64. The standard InChI is InChI=1S/C25H32N6O2/c1-3-18-14-24(29-17(2)28-18)30-19-4-6-21(7-5-19)33-23-16-20(31-10-12-32-13-11-31)15-22-25(23)27-9-8-26-22/h8-9,14-16,19,21H,3-7,10-13H2,1-2H3,(H,28,29,30)/t19-,21+. The van der Waals surface area contributed by atoms with E-state index in [0.29, 0.717) is 6.04 Å². The summed E-state index contributed by atoms with van der Waals surface area (Å²) in [7, 11) is 0. The van der Waals surface area contributed by atoms with E-state index in [1.54, 1.807) is 12.4 Å². The minimum Gasteiger partial charge on any atom is -0.488 e. The second-order valence-corrected chi connectivity index (χ2v) is 8.85. The Bertz CT molecular complexity index is 1090. The average Bonchev–Trinajstić information content (AvgIpc) is 2.85. The van der Waals surface area contributed by atoms with Gasteiger partial charge in [-0.05, 0) is 45.1 Å². The van der Waals surface area contributed by atoms with Gasteiger partial charge in [0.15, 0.2) is 0 Å². The largest absolute Gasteiger partial charge is 0.488 e. The van der Waals surface area contributed by atoms with Crippen LogP contribution in [0.5, 0.6) is 5.75 Å². The molecule has 1 saturated carbocycles. The lowest BCUT2D eigenvalue weighted by Gasteiger charge is -2.31. The number of aromatic nitrogens is 4. The fraction of sp³-hybridized carbons (Fsp3) is 0.520. The van der Waals surface area contributed by atoms with Crippen LogP contribution in [-0.2, 0) is 11.2 Å². The van der Waals surface area contributed by atoms with Gasteiger partial charge in [0.05, 0.1) is 24.8 Å². The molecule has 174 valence electrons. The Labute approximate surface area is 194 Å². The molecule has 0 bridgehead atoms. The second kappa shape index (κ2) is 9.87. The van der Waals surface area contributed by atoms with Crippen molar-refractivity contribution in [3.05, 3.63) is 42.1 Å². The molecule has 2 aromatic heterocycles. The molecule has 1 aliphatic heterocycles. The number of ether oxygens (including phenoxy) is 2. The number of morpholine rings is 1. The highest BCUT2D eigenvalue weighted by atomic mass is 16.5. The molecule has 0 unspecified atom stereocenters. The van der Waals surface area contributed by atoms with Gasteiger partial charge in [-0.3, -0.25) is 4.98 Å². The van der Waals surface area contributed by atoms with Gasteiger partial charge in [-0.1, -0.05) is 6.92 Å². The number of hydrogen-bond acceptors (Lipinski definition) is 8. The van der Waals surface area contributed by atoms with Gasteiger partial charge in [0.25, 0.3) is 0 Å². The first-order valence-electron chi connectivity index (χ1n) is 12.0. The van der Waals surface area contributed by atoms with Crippen LogP contribution in [0.25, 0.3) is 11.0 Å². The van der Waals surface area contributed by atoms with E-state index in [1.165, 1.54) is 0 Å². The number of hydrogen-bond donors (Lipinski definition) is 1. The first-order chi connectivity index (χ1) is 16.2. The van der Waals surface area contributed by atoms with Gasteiger partial charge in [-0.25, -0.2) is 15.0 Å². The predicted octanol–water partition coefficient (Wildman–Crippen LogP) is 3.93. The van der Waals surface area contributed by atoms with Gasteiger partial charge >= 0.3 is 0 Å². The number of nitrogens with one attached hydrogen (secondary N) is 1. The summed E-state index contributed by atoms with van der Waals surface area (Å²) < 4.78 is 12.1. The Balaban J connectivity index is 1.26. The smallest absolute Gasteiger partial charge is 0.149 e. The Morgan fingerprint density at radius 2 is 1.82 bits per heavy atom. The Morgan fingerprint density at radius 3 is 2.61 bits per heavy atom. The van der Waals surface area contributed by atoms with Crippen LogP contribution in [-0.4, -0.2) is 58.4 Å². The van der Waals surface area contributed by atoms with Crippen LogP contribution in [0.4, 0.5) is 11.5 Å². The summed E-state index contributed by atoms with van der Waals surface area (Å²) in [4.78, 5) is 20.5. The molecule has 1 aromatic carbocycles. The third kappa shape index (κ3) is 5.16. The predicted molar refractivity (Wildman–Crippen MR) is 129 cm³/mol. The lowest BCUT2D eigenvalue weighted by atomic mass is 9.93. The zero-order chi connectivity index (χ0) is 22.6. The van der Waals surface area contributed by atoms with Gasteiger partial charge in [0.2, 0.25) is 0 Å². The minimum atomic E-state index is 0.173. The van der Waals surface area contributed by atoms with E-state index in [2.05, 4.69) is 55.3 Å². The summed E-state index contributed by atoms with van der Waals surface area (Å²) in [5.41, 5.74) is 3.91. The number of anilines is 2. The van der Waals surface area contributed by atoms with E-state index in [0.717, 1.165) is 98.2 Å². The van der Waals surface area contributed by atoms with Crippen LogP contribution in [0, 0.1) is 6.92 Å². The normalized spacial score (nSPS) is 21.2. The fourth-order valence-electron chi connectivity index (χ4n) is 4.72. The van der Waals surface area contributed by atoms with E-state index < -0.39 is 0 Å². The van der Waals surface area contributed by atoms with Crippen LogP contribution in [0.15, 0.2) is 30.6 Å². The molecule has 0 spiro atoms. The second-order valence-electron chi connectivity index (χ2n) is 8.85. The molecule has 2 aliphatic rings. The molecule has 1 saturated heterocycles. The highest BCUT2D eigenvalue weighted by molar-refractivity contribution is 5.85. The summed E-state index contributed by atoms with van der Waals surface area (Å²) >= 11 is 0. The van der Waals surface area contributed by atoms with Crippen LogP contribution in [0.2, 0.25) is 0 Å². The first kappa shape index (κ1) is 21.8. The van der Waals surface area contributed by atoms with Gasteiger partial charge in [0.1, 0.15) is 22.9 Å². The molecule has 8 nitrogen and oxygen atoms in total. The molecule has 2 fully saturated rings. The van der Waals surface area contributed by atoms with Crippen molar-refractivity contribution < 1.29 is 9.47 Å². The van der Waals surface area contributed by atoms with Crippen molar-refractivity contribution in [1.82, 2.24) is 19.9 Å². The third-order valence-corrected chi connectivity index (χ3v) is 6.47. The van der Waals surface area contributed by atoms with E-state index in [-0.39, 0.29) is 6.10 Å². The molecule has 5 rings (SSSR count). The first-order valence-corrected chi connectivity index (χ1v) is 12.0. The van der Waals surface area contributed by atoms with Crippen molar-refractivity contribution in [3.8, 4) is 5.75 Å². The molecule has 0 atom stereocenters. The summed E-state index contributed by atoms with van der Waals surface area (Å²) in [5.74, 6) is 2.59. The number of benzene rings is 1. The van der Waals surface area contributed by atoms with Crippen molar-refractivity contribution in [3.63, 3.8) is 0 Å². The van der Waals surface area contributed by atoms with Crippen LogP contribution in [0.1, 0.15) is 44.1 Å². The van der Waals surface area contributed by atoms with Crippen molar-refractivity contribution in [2.24, 2.45) is 0 Å². The SMILES string of the molecule is CCc1cc(N[C@H]2CC[C@@H](Oc3cc(N4CCOCC4)cc4nccnc34)CC2)nc(C)n1. The zero-order valence-electron chi connectivity index (χ0n) is 19.5. The molecular weight excluding hydrogens is 416 g/mol. The lowest BCUT2D eigenvalue weighted by molar-refractivity contribution is 0.122. The van der Waals surface area contributed by atoms with E-state index in [4.69, 9.17) is 9.47 Å². The maximum Gasteiger partial charge on any atom is 0.149 e. The lowest BCUT2D eigenvalue weighted by Crippen LogP contribution is -2.36. The molecule has 0 radical (unpaired) electrons. The monoisotopic (exact) mass is 448 g/mol. The number of fused-ring (bicyclic) bond motifs is 1. The topological polar surface area (TPSA) is 85.3 Å². The van der Waals surface area contributed by atoms with Crippen LogP contribution >= 0.6 is 0 Å². The van der Waals surface area contributed by atoms with Crippen molar-refractivity contribution in [1.29, 1.82) is 0 Å². The van der Waals surface area contributed by atoms with Crippen molar-refractivity contribution in [2.75, 3.05) is 36.5 Å². The summed E-state index contributed by atoms with van der Waals surface area (Å²) in [5, 5.41) is 3.62. The molecule has 8 heteroatoms. The van der Waals surface area contributed by atoms with E-state index in [9.17, 15) is 0 Å². The molecule has 1 aliphatic carbocycles. The molecule has 3 aromatic rings. The van der Waals surface area contributed by atoms with Crippen LogP contribution in [0.3, 0.4) is 0 Å². The van der Waals surface area contributed by atoms with E-state index >= 15 is 0 Å². The molecule has 33 heavy (non-hydrogen) atoms. The Morgan fingerprint density at radius 1 is 1.03 bits per heavy atom. The van der Waals surface area contributed by atoms with Crippen molar-refractivity contribution >= 4 is 22.5 Å². The minimum absolute atomic E-state index is 0.173. The van der Waals surface area contributed by atoms with Crippen molar-refractivity contribution in [2.45, 2.75) is 58.1 Å². The zero-order valence-corrected chi connectivity index (χ0v) is 19.5. The number of aryl methyl sites for hydroxylation is 2. The third-order valence-electron chi connectivity index (χ3n) is 6.47. The van der Waals surface area contributed by atoms with Gasteiger partial charge < -0.3 is 19.7 Å². The Kier molecular flexibility index (Phi) is 6.53. The van der Waals surface area contributed by atoms with Crippen LogP contribution < -0.4 is 15.0 Å². The summed E-state index contributed by atoms with van der Waals surface area (Å²) in [6, 6.07) is 6.70.